The topological polar surface area (TPSA) is 90.1 Å². The van der Waals surface area contributed by atoms with Crippen molar-refractivity contribution in [3.63, 3.8) is 0 Å². The first kappa shape index (κ1) is 19.2. The van der Waals surface area contributed by atoms with Crippen LogP contribution in [0.1, 0.15) is 30.3 Å². The van der Waals surface area contributed by atoms with E-state index in [1.165, 1.54) is 5.56 Å². The minimum atomic E-state index is 0.593. The molecular formula is C23H24N8. The Bertz CT molecular complexity index is 1330. The summed E-state index contributed by atoms with van der Waals surface area (Å²) in [6.07, 6.45) is 7.94. The summed E-state index contributed by atoms with van der Waals surface area (Å²) in [7, 11) is 2.00. The third-order valence-electron chi connectivity index (χ3n) is 5.54. The van der Waals surface area contributed by atoms with Crippen molar-refractivity contribution in [1.29, 1.82) is 0 Å². The maximum atomic E-state index is 4.88. The highest BCUT2D eigenvalue weighted by Gasteiger charge is 2.15. The van der Waals surface area contributed by atoms with Crippen LogP contribution in [-0.4, -0.2) is 39.7 Å². The van der Waals surface area contributed by atoms with Crippen molar-refractivity contribution in [3.05, 3.63) is 65.9 Å². The molecule has 31 heavy (non-hydrogen) atoms. The number of aryl methyl sites for hydroxylation is 3. The number of nitrogens with zero attached hydrogens (tertiary/aromatic N) is 7. The molecule has 0 unspecified atom stereocenters. The number of aromatic amines is 1. The number of pyridine rings is 1. The molecule has 4 aromatic heterocycles. The van der Waals surface area contributed by atoms with Crippen LogP contribution in [0.25, 0.3) is 33.7 Å². The number of hydrogen-bond donors (Lipinski definition) is 1. The lowest BCUT2D eigenvalue weighted by molar-refractivity contribution is 0.717. The Kier molecular flexibility index (Phi) is 4.82. The number of aromatic nitrogens is 8. The zero-order chi connectivity index (χ0) is 21.4. The molecule has 0 atom stereocenters. The zero-order valence-electron chi connectivity index (χ0n) is 17.9. The van der Waals surface area contributed by atoms with Crippen LogP contribution in [-0.2, 0) is 20.0 Å². The summed E-state index contributed by atoms with van der Waals surface area (Å²) >= 11 is 0. The molecule has 0 fully saturated rings. The fourth-order valence-electron chi connectivity index (χ4n) is 4.00. The maximum absolute atomic E-state index is 4.88. The molecule has 8 nitrogen and oxygen atoms in total. The second-order valence-electron chi connectivity index (χ2n) is 7.85. The number of imidazole rings is 1. The van der Waals surface area contributed by atoms with Gasteiger partial charge in [0.25, 0.3) is 0 Å². The van der Waals surface area contributed by atoms with Crippen LogP contribution in [0.4, 0.5) is 0 Å². The first-order valence-electron chi connectivity index (χ1n) is 10.4. The molecule has 1 aromatic carbocycles. The van der Waals surface area contributed by atoms with Crippen LogP contribution in [0.15, 0.2) is 48.9 Å². The van der Waals surface area contributed by atoms with E-state index in [0.717, 1.165) is 58.6 Å². The molecule has 0 bridgehead atoms. The zero-order valence-corrected chi connectivity index (χ0v) is 17.9. The largest absolute Gasteiger partial charge is 0.356 e. The standard InChI is InChI=1S/C23H24N8/c1-4-5-20-25-21-15(2)10-11-24-23(21)31(20)12-16-6-8-17(9-7-16)18-13-30(3)14-19(18)22-26-28-29-27-22/h6-11,13-14H,4-5,12H2,1-3H3,(H,26,27,28,29). The fraction of sp³-hybridized carbons (Fsp3) is 0.261. The number of hydrogen-bond acceptors (Lipinski definition) is 5. The first-order valence-corrected chi connectivity index (χ1v) is 10.4. The van der Waals surface area contributed by atoms with E-state index in [2.05, 4.69) is 74.5 Å². The smallest absolute Gasteiger partial charge is 0.206 e. The normalized spacial score (nSPS) is 11.5. The third-order valence-corrected chi connectivity index (χ3v) is 5.54. The second-order valence-corrected chi connectivity index (χ2v) is 7.85. The Morgan fingerprint density at radius 3 is 2.58 bits per heavy atom. The lowest BCUT2D eigenvalue weighted by Gasteiger charge is -2.09. The van der Waals surface area contributed by atoms with Gasteiger partial charge in [0.15, 0.2) is 5.65 Å². The molecule has 0 aliphatic rings. The van der Waals surface area contributed by atoms with E-state index in [0.29, 0.717) is 5.82 Å². The van der Waals surface area contributed by atoms with Crippen LogP contribution in [0.3, 0.4) is 0 Å². The molecule has 0 amide bonds. The predicted octanol–water partition coefficient (Wildman–Crippen LogP) is 3.93. The molecule has 5 aromatic rings. The van der Waals surface area contributed by atoms with Crippen LogP contribution in [0, 0.1) is 6.92 Å². The van der Waals surface area contributed by atoms with Gasteiger partial charge in [-0.1, -0.05) is 31.2 Å². The Morgan fingerprint density at radius 2 is 1.84 bits per heavy atom. The second kappa shape index (κ2) is 7.79. The van der Waals surface area contributed by atoms with Gasteiger partial charge in [-0.3, -0.25) is 0 Å². The van der Waals surface area contributed by atoms with Crippen molar-refractivity contribution < 1.29 is 0 Å². The molecule has 5 rings (SSSR count). The van der Waals surface area contributed by atoms with Gasteiger partial charge in [-0.2, -0.15) is 5.21 Å². The van der Waals surface area contributed by atoms with E-state index in [9.17, 15) is 0 Å². The first-order chi connectivity index (χ1) is 15.1. The molecule has 156 valence electrons. The predicted molar refractivity (Wildman–Crippen MR) is 119 cm³/mol. The van der Waals surface area contributed by atoms with Crippen LogP contribution in [0.5, 0.6) is 0 Å². The van der Waals surface area contributed by atoms with Crippen molar-refractivity contribution in [1.82, 2.24) is 39.7 Å². The Labute approximate surface area is 180 Å². The summed E-state index contributed by atoms with van der Waals surface area (Å²) < 4.78 is 4.26. The highest BCUT2D eigenvalue weighted by atomic mass is 15.5. The van der Waals surface area contributed by atoms with E-state index < -0.39 is 0 Å². The van der Waals surface area contributed by atoms with E-state index in [1.54, 1.807) is 0 Å². The van der Waals surface area contributed by atoms with Gasteiger partial charge in [0, 0.05) is 43.2 Å². The molecular weight excluding hydrogens is 388 g/mol. The van der Waals surface area contributed by atoms with Crippen molar-refractivity contribution in [2.45, 2.75) is 33.2 Å². The molecule has 0 aliphatic heterocycles. The summed E-state index contributed by atoms with van der Waals surface area (Å²) in [5.41, 5.74) is 7.46. The number of benzene rings is 1. The molecule has 0 saturated heterocycles. The monoisotopic (exact) mass is 412 g/mol. The van der Waals surface area contributed by atoms with E-state index >= 15 is 0 Å². The summed E-state index contributed by atoms with van der Waals surface area (Å²) in [4.78, 5) is 9.51. The van der Waals surface area contributed by atoms with E-state index in [1.807, 2.05) is 30.1 Å². The summed E-state index contributed by atoms with van der Waals surface area (Å²) in [5, 5.41) is 14.5. The number of fused-ring (bicyclic) bond motifs is 1. The fourth-order valence-corrected chi connectivity index (χ4v) is 4.00. The SMILES string of the molecule is CCCc1nc2c(C)ccnc2n1Cc1ccc(-c2cn(C)cc2-c2nn[nH]n2)cc1. The van der Waals surface area contributed by atoms with Gasteiger partial charge in [-0.25, -0.2) is 9.97 Å². The average Bonchev–Trinajstić information content (AvgIpc) is 3.50. The molecule has 4 heterocycles. The van der Waals surface area contributed by atoms with Crippen molar-refractivity contribution in [3.8, 4) is 22.5 Å². The average molecular weight is 413 g/mol. The number of rotatable bonds is 6. The minimum Gasteiger partial charge on any atom is -0.356 e. The lowest BCUT2D eigenvalue weighted by atomic mass is 10.0. The van der Waals surface area contributed by atoms with Gasteiger partial charge in [0.05, 0.1) is 6.54 Å². The quantitative estimate of drug-likeness (QED) is 0.456. The van der Waals surface area contributed by atoms with Gasteiger partial charge in [0.2, 0.25) is 5.82 Å². The van der Waals surface area contributed by atoms with Gasteiger partial charge >= 0.3 is 0 Å². The van der Waals surface area contributed by atoms with Gasteiger partial charge in [0.1, 0.15) is 11.3 Å². The van der Waals surface area contributed by atoms with Gasteiger partial charge < -0.3 is 9.13 Å². The third kappa shape index (κ3) is 3.50. The minimum absolute atomic E-state index is 0.593. The molecule has 0 aliphatic carbocycles. The Balaban J connectivity index is 1.49. The van der Waals surface area contributed by atoms with Crippen molar-refractivity contribution >= 4 is 11.2 Å². The van der Waals surface area contributed by atoms with Crippen LogP contribution < -0.4 is 0 Å². The van der Waals surface area contributed by atoms with Crippen LogP contribution >= 0.6 is 0 Å². The molecule has 8 heteroatoms. The highest BCUT2D eigenvalue weighted by molar-refractivity contribution is 5.80. The van der Waals surface area contributed by atoms with E-state index in [4.69, 9.17) is 4.98 Å². The maximum Gasteiger partial charge on any atom is 0.206 e. The molecule has 0 saturated carbocycles. The lowest BCUT2D eigenvalue weighted by Crippen LogP contribution is -2.06. The molecule has 1 N–H and O–H groups in total. The highest BCUT2D eigenvalue weighted by Crippen LogP contribution is 2.31. The summed E-state index contributed by atoms with van der Waals surface area (Å²) in [5.74, 6) is 1.68. The van der Waals surface area contributed by atoms with Gasteiger partial charge in [-0.05, 0) is 41.3 Å². The number of H-pyrrole nitrogens is 1. The van der Waals surface area contributed by atoms with Crippen LogP contribution in [0.2, 0.25) is 0 Å². The molecule has 0 radical (unpaired) electrons. The summed E-state index contributed by atoms with van der Waals surface area (Å²) in [6, 6.07) is 10.6. The Morgan fingerprint density at radius 1 is 1.03 bits per heavy atom. The van der Waals surface area contributed by atoms with Gasteiger partial charge in [-0.15, -0.1) is 10.2 Å². The number of tetrazole rings is 1. The summed E-state index contributed by atoms with van der Waals surface area (Å²) in [6.45, 7) is 5.02. The number of nitrogens with one attached hydrogen (secondary N) is 1. The van der Waals surface area contributed by atoms with Crippen molar-refractivity contribution in [2.75, 3.05) is 0 Å². The van der Waals surface area contributed by atoms with Crippen molar-refractivity contribution in [2.24, 2.45) is 7.05 Å². The molecule has 0 spiro atoms. The van der Waals surface area contributed by atoms with E-state index in [-0.39, 0.29) is 0 Å². The Hall–Kier alpha value is -3.81.